The number of aryl methyl sites for hydroxylation is 1. The van der Waals surface area contributed by atoms with Crippen LogP contribution in [0.25, 0.3) is 0 Å². The third-order valence-corrected chi connectivity index (χ3v) is 2.60. The average molecular weight is 238 g/mol. The van der Waals surface area contributed by atoms with E-state index in [1.165, 1.54) is 11.7 Å². The van der Waals surface area contributed by atoms with E-state index in [0.717, 1.165) is 25.0 Å². The van der Waals surface area contributed by atoms with E-state index in [0.29, 0.717) is 0 Å². The summed E-state index contributed by atoms with van der Waals surface area (Å²) in [5, 5.41) is 0. The molecule has 5 heteroatoms. The zero-order valence-corrected chi connectivity index (χ0v) is 10.2. The summed E-state index contributed by atoms with van der Waals surface area (Å²) in [6.07, 6.45) is 2.74. The van der Waals surface area contributed by atoms with Gasteiger partial charge in [0.1, 0.15) is 6.54 Å². The van der Waals surface area contributed by atoms with Crippen LogP contribution in [0.5, 0.6) is 0 Å². The fourth-order valence-corrected chi connectivity index (χ4v) is 1.58. The van der Waals surface area contributed by atoms with Gasteiger partial charge in [-0.3, -0.25) is 14.2 Å². The van der Waals surface area contributed by atoms with Crippen LogP contribution in [0.3, 0.4) is 0 Å². The Balaban J connectivity index is 3.07. The summed E-state index contributed by atoms with van der Waals surface area (Å²) in [6, 6.07) is 3.37. The molecule has 0 spiro atoms. The van der Waals surface area contributed by atoms with Crippen molar-refractivity contribution >= 4 is 11.7 Å². The number of ether oxygens (including phenoxy) is 1. The molecule has 1 rings (SSSR count). The van der Waals surface area contributed by atoms with E-state index in [1.54, 1.807) is 12.1 Å². The molecule has 1 heterocycles. The number of nitrogens with two attached hydrogens (primary N) is 1. The molecule has 17 heavy (non-hydrogen) atoms. The van der Waals surface area contributed by atoms with E-state index >= 15 is 0 Å². The Bertz CT molecular complexity index is 452. The summed E-state index contributed by atoms with van der Waals surface area (Å²) in [5.74, 6) is -0.449. The summed E-state index contributed by atoms with van der Waals surface area (Å²) in [5.41, 5.74) is 6.18. The molecule has 0 aliphatic carbocycles. The zero-order chi connectivity index (χ0) is 12.8. The number of pyridine rings is 1. The Hall–Kier alpha value is -1.78. The average Bonchev–Trinajstić information content (AvgIpc) is 2.33. The summed E-state index contributed by atoms with van der Waals surface area (Å²) in [6.45, 7) is 1.99. The predicted molar refractivity (Wildman–Crippen MR) is 65.7 cm³/mol. The molecule has 1 aromatic heterocycles. The molecular formula is C12H18N2O3. The van der Waals surface area contributed by atoms with E-state index in [4.69, 9.17) is 5.73 Å². The quantitative estimate of drug-likeness (QED) is 0.775. The Kier molecular flexibility index (Phi) is 4.75. The van der Waals surface area contributed by atoms with Crippen molar-refractivity contribution in [1.29, 1.82) is 0 Å². The molecule has 94 valence electrons. The van der Waals surface area contributed by atoms with Gasteiger partial charge in [-0.2, -0.15) is 0 Å². The van der Waals surface area contributed by atoms with Gasteiger partial charge in [0.05, 0.1) is 12.8 Å². The maximum Gasteiger partial charge on any atom is 0.325 e. The lowest BCUT2D eigenvalue weighted by molar-refractivity contribution is -0.141. The first-order chi connectivity index (χ1) is 8.10. The highest BCUT2D eigenvalue weighted by Crippen LogP contribution is 2.06. The number of methoxy groups -OCH3 is 1. The second kappa shape index (κ2) is 6.08. The molecule has 0 fully saturated rings. The Labute approximate surface area is 100 Å². The van der Waals surface area contributed by atoms with Gasteiger partial charge in [0.25, 0.3) is 5.56 Å². The van der Waals surface area contributed by atoms with E-state index in [1.807, 2.05) is 0 Å². The molecule has 0 amide bonds. The first-order valence-electron chi connectivity index (χ1n) is 5.65. The van der Waals surface area contributed by atoms with Crippen LogP contribution < -0.4 is 11.3 Å². The number of rotatable bonds is 5. The molecule has 0 saturated carbocycles. The first-order valence-corrected chi connectivity index (χ1v) is 5.65. The molecule has 0 radical (unpaired) electrons. The minimum absolute atomic E-state index is 0.0839. The van der Waals surface area contributed by atoms with Gasteiger partial charge in [-0.1, -0.05) is 13.3 Å². The molecular weight excluding hydrogens is 220 g/mol. The van der Waals surface area contributed by atoms with E-state index < -0.39 is 5.97 Å². The molecule has 2 N–H and O–H groups in total. The lowest BCUT2D eigenvalue weighted by Crippen LogP contribution is -2.29. The molecule has 0 aliphatic rings. The van der Waals surface area contributed by atoms with Gasteiger partial charge in [-0.05, 0) is 25.0 Å². The van der Waals surface area contributed by atoms with Gasteiger partial charge in [-0.15, -0.1) is 0 Å². The van der Waals surface area contributed by atoms with E-state index in [-0.39, 0.29) is 17.8 Å². The van der Waals surface area contributed by atoms with Crippen LogP contribution in [0.4, 0.5) is 5.69 Å². The Morgan fingerprint density at radius 1 is 1.47 bits per heavy atom. The predicted octanol–water partition coefficient (Wildman–Crippen LogP) is 0.946. The summed E-state index contributed by atoms with van der Waals surface area (Å²) >= 11 is 0. The molecule has 0 aromatic carbocycles. The molecule has 0 aliphatic heterocycles. The van der Waals surface area contributed by atoms with Crippen molar-refractivity contribution in [3.63, 3.8) is 0 Å². The molecule has 0 atom stereocenters. The topological polar surface area (TPSA) is 74.3 Å². The minimum atomic E-state index is -0.449. The lowest BCUT2D eigenvalue weighted by atomic mass is 10.1. The van der Waals surface area contributed by atoms with Gasteiger partial charge >= 0.3 is 5.97 Å². The van der Waals surface area contributed by atoms with Gasteiger partial charge in [0.15, 0.2) is 0 Å². The number of hydrogen-bond acceptors (Lipinski definition) is 4. The standard InChI is InChI=1S/C12H18N2O3/c1-3-4-5-9-6-7-10(13)12(16)14(9)8-11(15)17-2/h6-7H,3-5,8,13H2,1-2H3. The van der Waals surface area contributed by atoms with Crippen molar-refractivity contribution < 1.29 is 9.53 Å². The fourth-order valence-electron chi connectivity index (χ4n) is 1.58. The third-order valence-electron chi connectivity index (χ3n) is 2.60. The maximum absolute atomic E-state index is 11.8. The largest absolute Gasteiger partial charge is 0.468 e. The van der Waals surface area contributed by atoms with Crippen LogP contribution in [0.1, 0.15) is 25.5 Å². The van der Waals surface area contributed by atoms with Crippen molar-refractivity contribution in [2.24, 2.45) is 0 Å². The Morgan fingerprint density at radius 2 is 2.18 bits per heavy atom. The fraction of sp³-hybridized carbons (Fsp3) is 0.500. The number of carbonyl (C=O) groups is 1. The van der Waals surface area contributed by atoms with Gasteiger partial charge in [0.2, 0.25) is 0 Å². The third kappa shape index (κ3) is 3.34. The monoisotopic (exact) mass is 238 g/mol. The second-order valence-electron chi connectivity index (χ2n) is 3.85. The van der Waals surface area contributed by atoms with Gasteiger partial charge in [-0.25, -0.2) is 0 Å². The highest BCUT2D eigenvalue weighted by atomic mass is 16.5. The summed E-state index contributed by atoms with van der Waals surface area (Å²) < 4.78 is 5.95. The lowest BCUT2D eigenvalue weighted by Gasteiger charge is -2.12. The molecule has 0 bridgehead atoms. The van der Waals surface area contributed by atoms with Crippen molar-refractivity contribution in [2.45, 2.75) is 32.7 Å². The van der Waals surface area contributed by atoms with Crippen molar-refractivity contribution in [2.75, 3.05) is 12.8 Å². The number of nitrogens with zero attached hydrogens (tertiary/aromatic N) is 1. The van der Waals surface area contributed by atoms with Crippen molar-refractivity contribution in [3.05, 3.63) is 28.2 Å². The van der Waals surface area contributed by atoms with Crippen LogP contribution in [0.2, 0.25) is 0 Å². The van der Waals surface area contributed by atoms with Crippen LogP contribution >= 0.6 is 0 Å². The SMILES string of the molecule is CCCCc1ccc(N)c(=O)n1CC(=O)OC. The van der Waals surface area contributed by atoms with Crippen LogP contribution in [-0.4, -0.2) is 17.6 Å². The van der Waals surface area contributed by atoms with Gasteiger partial charge < -0.3 is 10.5 Å². The molecule has 0 unspecified atom stereocenters. The number of esters is 1. The maximum atomic E-state index is 11.8. The van der Waals surface area contributed by atoms with Crippen LogP contribution in [-0.2, 0) is 22.5 Å². The summed E-state index contributed by atoms with van der Waals surface area (Å²) in [7, 11) is 1.30. The second-order valence-corrected chi connectivity index (χ2v) is 3.85. The number of aromatic nitrogens is 1. The highest BCUT2D eigenvalue weighted by molar-refractivity contribution is 5.69. The van der Waals surface area contributed by atoms with Crippen LogP contribution in [0, 0.1) is 0 Å². The van der Waals surface area contributed by atoms with E-state index in [9.17, 15) is 9.59 Å². The minimum Gasteiger partial charge on any atom is -0.468 e. The van der Waals surface area contributed by atoms with Crippen LogP contribution in [0.15, 0.2) is 16.9 Å². The molecule has 0 saturated heterocycles. The molecule has 5 nitrogen and oxygen atoms in total. The first kappa shape index (κ1) is 13.3. The molecule has 1 aromatic rings. The number of hydrogen-bond donors (Lipinski definition) is 1. The van der Waals surface area contributed by atoms with Crippen molar-refractivity contribution in [3.8, 4) is 0 Å². The normalized spacial score (nSPS) is 10.2. The smallest absolute Gasteiger partial charge is 0.325 e. The van der Waals surface area contributed by atoms with Crippen molar-refractivity contribution in [1.82, 2.24) is 4.57 Å². The number of nitrogen functional groups attached to an aromatic ring is 1. The highest BCUT2D eigenvalue weighted by Gasteiger charge is 2.10. The summed E-state index contributed by atoms with van der Waals surface area (Å²) in [4.78, 5) is 23.1. The zero-order valence-electron chi connectivity index (χ0n) is 10.2. The number of carbonyl (C=O) groups excluding carboxylic acids is 1. The number of unbranched alkanes of at least 4 members (excludes halogenated alkanes) is 1. The van der Waals surface area contributed by atoms with E-state index in [2.05, 4.69) is 11.7 Å². The number of anilines is 1. The van der Waals surface area contributed by atoms with Gasteiger partial charge in [0, 0.05) is 5.69 Å². The Morgan fingerprint density at radius 3 is 2.76 bits per heavy atom.